The number of rotatable bonds is 4. The summed E-state index contributed by atoms with van der Waals surface area (Å²) in [6, 6.07) is 1.65. The number of carbonyl (C=O) groups excluding carboxylic acids is 1. The number of carbonyl (C=O) groups is 1. The van der Waals surface area contributed by atoms with E-state index >= 15 is 0 Å². The number of amides is 1. The van der Waals surface area contributed by atoms with Gasteiger partial charge in [0, 0.05) is 18.8 Å². The monoisotopic (exact) mass is 282 g/mol. The number of nitrogens with one attached hydrogen (secondary N) is 1. The van der Waals surface area contributed by atoms with E-state index in [9.17, 15) is 4.79 Å². The Hall–Kier alpha value is -1.20. The van der Waals surface area contributed by atoms with Gasteiger partial charge in [-0.05, 0) is 50.0 Å². The van der Waals surface area contributed by atoms with Gasteiger partial charge in [-0.25, -0.2) is 9.97 Å². The minimum Gasteiger partial charge on any atom is -0.350 e. The minimum atomic E-state index is -0.178. The van der Waals surface area contributed by atoms with Crippen molar-refractivity contribution in [1.29, 1.82) is 0 Å². The maximum absolute atomic E-state index is 12.0. The Bertz CT molecular complexity index is 446. The highest BCUT2D eigenvalue weighted by Gasteiger charge is 2.21. The van der Waals surface area contributed by atoms with Gasteiger partial charge in [0.25, 0.3) is 5.91 Å². The van der Waals surface area contributed by atoms with Crippen molar-refractivity contribution in [1.82, 2.24) is 20.2 Å². The van der Waals surface area contributed by atoms with Crippen LogP contribution in [0.15, 0.2) is 6.07 Å². The fourth-order valence-electron chi connectivity index (χ4n) is 2.34. The van der Waals surface area contributed by atoms with Gasteiger partial charge < -0.3 is 10.2 Å². The standard InChI is InChI=1S/C13H19ClN4O/c1-3-18-5-4-10(8-18)7-15-12(19)11-6-9(2)16-13(14)17-11/h6,10H,3-5,7-8H2,1-2H3,(H,15,19). The van der Waals surface area contributed by atoms with Gasteiger partial charge in [-0.3, -0.25) is 4.79 Å². The molecule has 1 N–H and O–H groups in total. The van der Waals surface area contributed by atoms with Crippen LogP contribution in [-0.2, 0) is 0 Å². The number of aromatic nitrogens is 2. The number of likely N-dealkylation sites (tertiary alicyclic amines) is 1. The molecule has 1 aromatic rings. The molecule has 1 aliphatic rings. The summed E-state index contributed by atoms with van der Waals surface area (Å²) in [6.07, 6.45) is 1.14. The second kappa shape index (κ2) is 6.30. The van der Waals surface area contributed by atoms with Gasteiger partial charge in [0.05, 0.1) is 0 Å². The predicted molar refractivity (Wildman–Crippen MR) is 74.3 cm³/mol. The number of aryl methyl sites for hydroxylation is 1. The number of hydrogen-bond donors (Lipinski definition) is 1. The highest BCUT2D eigenvalue weighted by Crippen LogP contribution is 2.14. The van der Waals surface area contributed by atoms with Gasteiger partial charge >= 0.3 is 0 Å². The van der Waals surface area contributed by atoms with Crippen molar-refractivity contribution in [3.63, 3.8) is 0 Å². The summed E-state index contributed by atoms with van der Waals surface area (Å²) < 4.78 is 0. The van der Waals surface area contributed by atoms with E-state index in [1.54, 1.807) is 13.0 Å². The lowest BCUT2D eigenvalue weighted by molar-refractivity contribution is 0.0942. The molecule has 104 valence electrons. The molecule has 19 heavy (non-hydrogen) atoms. The Kier molecular flexibility index (Phi) is 4.71. The first-order valence-electron chi connectivity index (χ1n) is 6.60. The fraction of sp³-hybridized carbons (Fsp3) is 0.615. The topological polar surface area (TPSA) is 58.1 Å². The summed E-state index contributed by atoms with van der Waals surface area (Å²) in [4.78, 5) is 22.3. The summed E-state index contributed by atoms with van der Waals surface area (Å²) in [5, 5.41) is 3.04. The molecule has 0 aromatic carbocycles. The third-order valence-electron chi connectivity index (χ3n) is 3.43. The highest BCUT2D eigenvalue weighted by molar-refractivity contribution is 6.28. The second-order valence-electron chi connectivity index (χ2n) is 4.92. The van der Waals surface area contributed by atoms with E-state index < -0.39 is 0 Å². The maximum atomic E-state index is 12.0. The van der Waals surface area contributed by atoms with Crippen LogP contribution in [-0.4, -0.2) is 47.0 Å². The molecule has 0 radical (unpaired) electrons. The maximum Gasteiger partial charge on any atom is 0.270 e. The molecule has 5 nitrogen and oxygen atoms in total. The van der Waals surface area contributed by atoms with Crippen LogP contribution in [0.5, 0.6) is 0 Å². The normalized spacial score (nSPS) is 19.6. The van der Waals surface area contributed by atoms with Gasteiger partial charge in [0.2, 0.25) is 5.28 Å². The molecule has 1 aromatic heterocycles. The average molecular weight is 283 g/mol. The van der Waals surface area contributed by atoms with Crippen molar-refractivity contribution in [3.8, 4) is 0 Å². The minimum absolute atomic E-state index is 0.114. The van der Waals surface area contributed by atoms with Crippen LogP contribution in [0, 0.1) is 12.8 Å². The van der Waals surface area contributed by atoms with Crippen LogP contribution in [0.2, 0.25) is 5.28 Å². The van der Waals surface area contributed by atoms with Crippen LogP contribution in [0.1, 0.15) is 29.5 Å². The van der Waals surface area contributed by atoms with Crippen LogP contribution < -0.4 is 5.32 Å². The van der Waals surface area contributed by atoms with Crippen molar-refractivity contribution in [2.75, 3.05) is 26.2 Å². The molecular formula is C13H19ClN4O. The molecule has 1 unspecified atom stereocenters. The average Bonchev–Trinajstić information content (AvgIpc) is 2.82. The van der Waals surface area contributed by atoms with Crippen LogP contribution >= 0.6 is 11.6 Å². The second-order valence-corrected chi connectivity index (χ2v) is 5.26. The van der Waals surface area contributed by atoms with E-state index in [0.717, 1.165) is 26.1 Å². The van der Waals surface area contributed by atoms with Crippen molar-refractivity contribution in [3.05, 3.63) is 22.7 Å². The van der Waals surface area contributed by atoms with E-state index in [0.29, 0.717) is 23.9 Å². The van der Waals surface area contributed by atoms with E-state index in [2.05, 4.69) is 27.1 Å². The molecule has 2 heterocycles. The molecule has 1 atom stereocenters. The van der Waals surface area contributed by atoms with Gasteiger partial charge in [0.15, 0.2) is 0 Å². The molecule has 0 aliphatic carbocycles. The SMILES string of the molecule is CCN1CCC(CNC(=O)c2cc(C)nc(Cl)n2)C1. The van der Waals surface area contributed by atoms with E-state index in [4.69, 9.17) is 11.6 Å². The van der Waals surface area contributed by atoms with Crippen LogP contribution in [0.3, 0.4) is 0 Å². The first kappa shape index (κ1) is 14.2. The van der Waals surface area contributed by atoms with Crippen molar-refractivity contribution >= 4 is 17.5 Å². The molecule has 6 heteroatoms. The zero-order valence-electron chi connectivity index (χ0n) is 11.3. The molecule has 0 saturated carbocycles. The van der Waals surface area contributed by atoms with Gasteiger partial charge in [-0.1, -0.05) is 6.92 Å². The molecule has 1 aliphatic heterocycles. The first-order chi connectivity index (χ1) is 9.08. The predicted octanol–water partition coefficient (Wildman–Crippen LogP) is 1.51. The fourth-order valence-corrected chi connectivity index (χ4v) is 2.57. The van der Waals surface area contributed by atoms with Gasteiger partial charge in [-0.15, -0.1) is 0 Å². The Morgan fingerprint density at radius 3 is 3.00 bits per heavy atom. The summed E-state index contributed by atoms with van der Waals surface area (Å²) in [7, 11) is 0. The lowest BCUT2D eigenvalue weighted by atomic mass is 10.1. The molecule has 1 saturated heterocycles. The molecular weight excluding hydrogens is 264 g/mol. The summed E-state index contributed by atoms with van der Waals surface area (Å²) >= 11 is 5.75. The van der Waals surface area contributed by atoms with Gasteiger partial charge in [0.1, 0.15) is 5.69 Å². The largest absolute Gasteiger partial charge is 0.350 e. The van der Waals surface area contributed by atoms with Crippen molar-refractivity contribution in [2.24, 2.45) is 5.92 Å². The number of nitrogens with zero attached hydrogens (tertiary/aromatic N) is 3. The van der Waals surface area contributed by atoms with E-state index in [1.165, 1.54) is 0 Å². The highest BCUT2D eigenvalue weighted by atomic mass is 35.5. The smallest absolute Gasteiger partial charge is 0.270 e. The summed E-state index contributed by atoms with van der Waals surface area (Å²) in [5.74, 6) is 0.352. The Labute approximate surface area is 118 Å². The number of hydrogen-bond acceptors (Lipinski definition) is 4. The lowest BCUT2D eigenvalue weighted by Crippen LogP contribution is -2.31. The van der Waals surface area contributed by atoms with Crippen molar-refractivity contribution in [2.45, 2.75) is 20.3 Å². The summed E-state index contributed by atoms with van der Waals surface area (Å²) in [6.45, 7) is 7.89. The van der Waals surface area contributed by atoms with E-state index in [1.807, 2.05) is 0 Å². The molecule has 0 bridgehead atoms. The zero-order valence-corrected chi connectivity index (χ0v) is 12.1. The number of halogens is 1. The van der Waals surface area contributed by atoms with Crippen molar-refractivity contribution < 1.29 is 4.79 Å². The first-order valence-corrected chi connectivity index (χ1v) is 6.98. The molecule has 2 rings (SSSR count). The van der Waals surface area contributed by atoms with Gasteiger partial charge in [-0.2, -0.15) is 0 Å². The lowest BCUT2D eigenvalue weighted by Gasteiger charge is -2.13. The van der Waals surface area contributed by atoms with Crippen LogP contribution in [0.25, 0.3) is 0 Å². The Morgan fingerprint density at radius 1 is 1.58 bits per heavy atom. The zero-order chi connectivity index (χ0) is 13.8. The molecule has 1 amide bonds. The summed E-state index contributed by atoms with van der Waals surface area (Å²) in [5.41, 5.74) is 1.03. The molecule has 1 fully saturated rings. The third kappa shape index (κ3) is 3.88. The Balaban J connectivity index is 1.87. The Morgan fingerprint density at radius 2 is 2.37 bits per heavy atom. The van der Waals surface area contributed by atoms with E-state index in [-0.39, 0.29) is 11.2 Å². The molecule has 0 spiro atoms. The third-order valence-corrected chi connectivity index (χ3v) is 3.60. The quantitative estimate of drug-likeness (QED) is 0.851. The van der Waals surface area contributed by atoms with Crippen LogP contribution in [0.4, 0.5) is 0 Å².